The van der Waals surface area contributed by atoms with Gasteiger partial charge < -0.3 is 9.73 Å². The second-order valence-corrected chi connectivity index (χ2v) is 5.75. The molecule has 0 unspecified atom stereocenters. The number of furan rings is 1. The fourth-order valence-electron chi connectivity index (χ4n) is 1.95. The molecule has 1 aliphatic rings. The van der Waals surface area contributed by atoms with Crippen molar-refractivity contribution in [2.75, 3.05) is 0 Å². The maximum atomic E-state index is 11.9. The fraction of sp³-hybridized carbons (Fsp3) is 0.125. The van der Waals surface area contributed by atoms with Gasteiger partial charge in [0.15, 0.2) is 5.17 Å². The Hall–Kier alpha value is -2.27. The van der Waals surface area contributed by atoms with Crippen LogP contribution in [0.15, 0.2) is 50.9 Å². The Bertz CT molecular complexity index is 746. The van der Waals surface area contributed by atoms with Crippen molar-refractivity contribution in [2.45, 2.75) is 13.8 Å². The Morgan fingerprint density at radius 2 is 2.10 bits per heavy atom. The molecule has 2 aromatic rings. The number of nitrogens with zero attached hydrogens (tertiary/aromatic N) is 1. The van der Waals surface area contributed by atoms with E-state index >= 15 is 0 Å². The van der Waals surface area contributed by atoms with Crippen LogP contribution in [0.3, 0.4) is 0 Å². The van der Waals surface area contributed by atoms with Gasteiger partial charge in [-0.15, -0.1) is 0 Å². The highest BCUT2D eigenvalue weighted by atomic mass is 32.2. The van der Waals surface area contributed by atoms with Crippen LogP contribution in [-0.2, 0) is 4.79 Å². The van der Waals surface area contributed by atoms with Crippen LogP contribution in [0.4, 0.5) is 5.69 Å². The Kier molecular flexibility index (Phi) is 3.66. The van der Waals surface area contributed by atoms with E-state index in [1.807, 2.05) is 32.0 Å². The lowest BCUT2D eigenvalue weighted by molar-refractivity contribution is -0.115. The molecular formula is C16H14N2O2S. The van der Waals surface area contributed by atoms with Crippen LogP contribution < -0.4 is 5.32 Å². The molecule has 1 amide bonds. The average molecular weight is 298 g/mol. The highest BCUT2D eigenvalue weighted by Crippen LogP contribution is 2.29. The number of aryl methyl sites for hydroxylation is 1. The third-order valence-corrected chi connectivity index (χ3v) is 4.18. The largest absolute Gasteiger partial charge is 0.465 e. The molecule has 1 aliphatic heterocycles. The predicted molar refractivity (Wildman–Crippen MR) is 85.4 cm³/mol. The number of aliphatic imine (C=N–C) groups is 1. The van der Waals surface area contributed by atoms with Gasteiger partial charge in [-0.1, -0.05) is 12.1 Å². The zero-order valence-corrected chi connectivity index (χ0v) is 12.5. The fourth-order valence-corrected chi connectivity index (χ4v) is 2.76. The van der Waals surface area contributed by atoms with Crippen molar-refractivity contribution in [1.82, 2.24) is 5.32 Å². The van der Waals surface area contributed by atoms with Crippen LogP contribution in [0.25, 0.3) is 6.08 Å². The zero-order valence-electron chi connectivity index (χ0n) is 11.7. The summed E-state index contributed by atoms with van der Waals surface area (Å²) >= 11 is 1.32. The van der Waals surface area contributed by atoms with E-state index in [9.17, 15) is 4.79 Å². The number of amides is 1. The lowest BCUT2D eigenvalue weighted by Gasteiger charge is -2.04. The molecule has 21 heavy (non-hydrogen) atoms. The van der Waals surface area contributed by atoms with Gasteiger partial charge in [0.25, 0.3) is 5.91 Å². The molecule has 0 bridgehead atoms. The van der Waals surface area contributed by atoms with E-state index in [0.717, 1.165) is 11.3 Å². The molecule has 1 aromatic carbocycles. The first kappa shape index (κ1) is 13.7. The first-order valence-electron chi connectivity index (χ1n) is 6.53. The molecule has 106 valence electrons. The molecular weight excluding hydrogens is 284 g/mol. The van der Waals surface area contributed by atoms with E-state index in [1.54, 1.807) is 24.5 Å². The first-order chi connectivity index (χ1) is 10.1. The summed E-state index contributed by atoms with van der Waals surface area (Å²) in [6.45, 7) is 4.07. The number of carbonyl (C=O) groups is 1. The van der Waals surface area contributed by atoms with Crippen LogP contribution in [0, 0.1) is 13.8 Å². The number of rotatable bonds is 2. The topological polar surface area (TPSA) is 54.6 Å². The molecule has 0 spiro atoms. The maximum absolute atomic E-state index is 11.9. The summed E-state index contributed by atoms with van der Waals surface area (Å²) in [4.78, 5) is 17.0. The van der Waals surface area contributed by atoms with Crippen molar-refractivity contribution in [2.24, 2.45) is 4.99 Å². The molecule has 0 radical (unpaired) electrons. The Morgan fingerprint density at radius 3 is 2.86 bits per heavy atom. The molecule has 4 nitrogen and oxygen atoms in total. The van der Waals surface area contributed by atoms with E-state index in [1.165, 1.54) is 17.3 Å². The van der Waals surface area contributed by atoms with Crippen molar-refractivity contribution in [3.63, 3.8) is 0 Å². The second kappa shape index (κ2) is 5.61. The van der Waals surface area contributed by atoms with Crippen molar-refractivity contribution in [3.8, 4) is 0 Å². The van der Waals surface area contributed by atoms with Crippen LogP contribution in [0.5, 0.6) is 0 Å². The quantitative estimate of drug-likeness (QED) is 0.858. The van der Waals surface area contributed by atoms with Gasteiger partial charge in [-0.2, -0.15) is 0 Å². The Morgan fingerprint density at radius 1 is 1.24 bits per heavy atom. The molecule has 1 fully saturated rings. The summed E-state index contributed by atoms with van der Waals surface area (Å²) in [5, 5.41) is 3.36. The van der Waals surface area contributed by atoms with Crippen LogP contribution in [-0.4, -0.2) is 11.1 Å². The minimum atomic E-state index is -0.152. The summed E-state index contributed by atoms with van der Waals surface area (Å²) in [5.41, 5.74) is 3.16. The van der Waals surface area contributed by atoms with Crippen LogP contribution in [0.2, 0.25) is 0 Å². The van der Waals surface area contributed by atoms with Gasteiger partial charge in [-0.3, -0.25) is 4.79 Å². The van der Waals surface area contributed by atoms with Crippen LogP contribution >= 0.6 is 11.8 Å². The van der Waals surface area contributed by atoms with Crippen molar-refractivity contribution in [1.29, 1.82) is 0 Å². The van der Waals surface area contributed by atoms with E-state index in [4.69, 9.17) is 4.42 Å². The van der Waals surface area contributed by atoms with Crippen molar-refractivity contribution in [3.05, 3.63) is 58.4 Å². The number of thioether (sulfide) groups is 1. The summed E-state index contributed by atoms with van der Waals surface area (Å²) in [6.07, 6.45) is 3.29. The predicted octanol–water partition coefficient (Wildman–Crippen LogP) is 3.79. The van der Waals surface area contributed by atoms with Gasteiger partial charge in [0.05, 0.1) is 16.9 Å². The highest BCUT2D eigenvalue weighted by molar-refractivity contribution is 8.18. The third-order valence-electron chi connectivity index (χ3n) is 3.27. The number of hydrogen-bond acceptors (Lipinski definition) is 4. The minimum absolute atomic E-state index is 0.152. The second-order valence-electron chi connectivity index (χ2n) is 4.72. The van der Waals surface area contributed by atoms with E-state index < -0.39 is 0 Å². The van der Waals surface area contributed by atoms with Gasteiger partial charge in [-0.25, -0.2) is 4.99 Å². The monoisotopic (exact) mass is 298 g/mol. The van der Waals surface area contributed by atoms with Crippen molar-refractivity contribution < 1.29 is 9.21 Å². The molecule has 2 heterocycles. The van der Waals surface area contributed by atoms with E-state index in [0.29, 0.717) is 15.8 Å². The number of hydrogen-bond donors (Lipinski definition) is 1. The zero-order chi connectivity index (χ0) is 14.8. The van der Waals surface area contributed by atoms with E-state index in [-0.39, 0.29) is 5.91 Å². The van der Waals surface area contributed by atoms with Crippen LogP contribution in [0.1, 0.15) is 16.9 Å². The summed E-state index contributed by atoms with van der Waals surface area (Å²) in [6, 6.07) is 9.54. The van der Waals surface area contributed by atoms with Gasteiger partial charge in [0, 0.05) is 6.08 Å². The van der Waals surface area contributed by atoms with Gasteiger partial charge in [0.2, 0.25) is 0 Å². The maximum Gasteiger partial charge on any atom is 0.264 e. The minimum Gasteiger partial charge on any atom is -0.465 e. The molecule has 3 rings (SSSR count). The number of carbonyl (C=O) groups excluding carboxylic acids is 1. The van der Waals surface area contributed by atoms with Gasteiger partial charge in [-0.05, 0) is 54.9 Å². The Labute approximate surface area is 127 Å². The molecule has 0 saturated carbocycles. The third kappa shape index (κ3) is 2.92. The number of benzene rings is 1. The van der Waals surface area contributed by atoms with Gasteiger partial charge >= 0.3 is 0 Å². The molecule has 1 aromatic heterocycles. The molecule has 1 N–H and O–H groups in total. The van der Waals surface area contributed by atoms with Crippen molar-refractivity contribution >= 4 is 34.6 Å². The standard InChI is InChI=1S/C16H14N2O2S/c1-10-5-3-7-13(11(10)2)17-16-18-15(19)14(21-16)9-12-6-4-8-20-12/h3-9H,1-2H3,(H,17,18,19). The number of amidine groups is 1. The molecule has 1 saturated heterocycles. The normalized spacial score (nSPS) is 18.5. The summed E-state index contributed by atoms with van der Waals surface area (Å²) in [7, 11) is 0. The highest BCUT2D eigenvalue weighted by Gasteiger charge is 2.24. The lowest BCUT2D eigenvalue weighted by Crippen LogP contribution is -2.19. The lowest BCUT2D eigenvalue weighted by atomic mass is 10.1. The SMILES string of the molecule is Cc1cccc(N=C2NC(=O)C(=Cc3ccco3)S2)c1C. The first-order valence-corrected chi connectivity index (χ1v) is 7.34. The average Bonchev–Trinajstić information content (AvgIpc) is 3.07. The van der Waals surface area contributed by atoms with Gasteiger partial charge in [0.1, 0.15) is 5.76 Å². The number of nitrogens with one attached hydrogen (secondary N) is 1. The summed E-state index contributed by atoms with van der Waals surface area (Å²) < 4.78 is 5.22. The summed E-state index contributed by atoms with van der Waals surface area (Å²) in [5.74, 6) is 0.501. The Balaban J connectivity index is 1.87. The molecule has 0 aliphatic carbocycles. The van der Waals surface area contributed by atoms with E-state index in [2.05, 4.69) is 10.3 Å². The smallest absolute Gasteiger partial charge is 0.264 e. The molecule has 0 atom stereocenters. The molecule has 5 heteroatoms.